The summed E-state index contributed by atoms with van der Waals surface area (Å²) in [5.41, 5.74) is -5.53. The summed E-state index contributed by atoms with van der Waals surface area (Å²) in [6.07, 6.45) is -4.36. The molecule has 0 aliphatic heterocycles. The second-order valence-corrected chi connectivity index (χ2v) is 5.30. The number of rotatable bonds is 5. The molecule has 1 amide bonds. The minimum absolute atomic E-state index is 0.0720. The van der Waals surface area contributed by atoms with Crippen LogP contribution in [0, 0.1) is 5.41 Å². The van der Waals surface area contributed by atoms with Crippen molar-refractivity contribution in [2.75, 3.05) is 0 Å². The van der Waals surface area contributed by atoms with Crippen molar-refractivity contribution in [2.45, 2.75) is 25.6 Å². The van der Waals surface area contributed by atoms with Crippen LogP contribution < -0.4 is 5.32 Å². The molecule has 0 aliphatic carbocycles. The lowest BCUT2D eigenvalue weighted by Gasteiger charge is -2.42. The number of carbonyl (C=O) groups excluding carboxylic acids is 1. The van der Waals surface area contributed by atoms with Gasteiger partial charge in [-0.3, -0.25) is 4.79 Å². The number of hydrogen-bond acceptors (Lipinski definition) is 2. The zero-order valence-corrected chi connectivity index (χ0v) is 12.1. The molecule has 0 saturated carbocycles. The monoisotopic (exact) mass is 315 g/mol. The van der Waals surface area contributed by atoms with Crippen molar-refractivity contribution < 1.29 is 27.9 Å². The third-order valence-corrected chi connectivity index (χ3v) is 3.56. The van der Waals surface area contributed by atoms with Crippen molar-refractivity contribution >= 4 is 11.9 Å². The Bertz CT molecular complexity index is 581. The smallest absolute Gasteiger partial charge is 0.423 e. The number of carboxylic acids is 1. The van der Waals surface area contributed by atoms with Crippen molar-refractivity contribution in [1.29, 1.82) is 0 Å². The highest BCUT2D eigenvalue weighted by molar-refractivity contribution is 5.98. The van der Waals surface area contributed by atoms with Crippen LogP contribution in [0.4, 0.5) is 13.2 Å². The average molecular weight is 315 g/mol. The first-order chi connectivity index (χ1) is 9.99. The van der Waals surface area contributed by atoms with Crippen LogP contribution in [0.25, 0.3) is 0 Å². The normalized spacial score (nSPS) is 14.8. The Morgan fingerprint density at radius 3 is 2.05 bits per heavy atom. The average Bonchev–Trinajstić information content (AvgIpc) is 2.43. The quantitative estimate of drug-likeness (QED) is 0.821. The van der Waals surface area contributed by atoms with E-state index in [0.717, 1.165) is 19.9 Å². The van der Waals surface area contributed by atoms with Gasteiger partial charge >= 0.3 is 12.1 Å². The summed E-state index contributed by atoms with van der Waals surface area (Å²) < 4.78 is 40.6. The second-order valence-electron chi connectivity index (χ2n) is 5.30. The maximum Gasteiger partial charge on any atom is 0.423 e. The lowest BCUT2D eigenvalue weighted by molar-refractivity contribution is -0.225. The highest BCUT2D eigenvalue weighted by Gasteiger charge is 2.69. The fourth-order valence-corrected chi connectivity index (χ4v) is 2.03. The van der Waals surface area contributed by atoms with Gasteiger partial charge < -0.3 is 10.4 Å². The van der Waals surface area contributed by atoms with E-state index in [1.54, 1.807) is 11.4 Å². The van der Waals surface area contributed by atoms with Gasteiger partial charge in [0.25, 0.3) is 5.91 Å². The second kappa shape index (κ2) is 5.82. The molecule has 1 atom stereocenters. The molecule has 0 aromatic heterocycles. The Balaban J connectivity index is 3.43. The van der Waals surface area contributed by atoms with Gasteiger partial charge in [0.1, 0.15) is 0 Å². The van der Waals surface area contributed by atoms with E-state index in [9.17, 15) is 27.9 Å². The number of hydrogen-bond donors (Lipinski definition) is 2. The van der Waals surface area contributed by atoms with E-state index in [4.69, 9.17) is 0 Å². The molecule has 2 N–H and O–H groups in total. The number of aliphatic carboxylic acids is 1. The van der Waals surface area contributed by atoms with Gasteiger partial charge in [-0.05, 0) is 12.1 Å². The van der Waals surface area contributed by atoms with Crippen LogP contribution in [0.5, 0.6) is 0 Å². The van der Waals surface area contributed by atoms with E-state index in [0.29, 0.717) is 0 Å². The first kappa shape index (κ1) is 17.7. The molecule has 1 rings (SSSR count). The summed E-state index contributed by atoms with van der Waals surface area (Å²) in [4.78, 5) is 23.5. The summed E-state index contributed by atoms with van der Waals surface area (Å²) in [6, 6.07) is 7.09. The van der Waals surface area contributed by atoms with E-state index < -0.39 is 29.0 Å². The Hall–Kier alpha value is -2.31. The highest BCUT2D eigenvalue weighted by Crippen LogP contribution is 2.45. The molecule has 0 saturated heterocycles. The standard InChI is InChI=1S/C15H16F3NO3/c1-4-13(2,3)14(12(21)22,15(16,17)18)19-11(20)10-8-6-5-7-9-10/h4-9H,1H2,2-3H3,(H,19,20)(H,21,22). The highest BCUT2D eigenvalue weighted by atomic mass is 19.4. The SMILES string of the molecule is C=CC(C)(C)C(NC(=O)c1ccccc1)(C(=O)O)C(F)(F)F. The first-order valence-electron chi connectivity index (χ1n) is 6.31. The molecule has 1 aromatic rings. The fraction of sp³-hybridized carbons (Fsp3) is 0.333. The molecule has 7 heteroatoms. The lowest BCUT2D eigenvalue weighted by atomic mass is 9.71. The van der Waals surface area contributed by atoms with Gasteiger partial charge in [0.05, 0.1) is 0 Å². The maximum absolute atomic E-state index is 13.5. The van der Waals surface area contributed by atoms with Gasteiger partial charge in [0, 0.05) is 11.0 Å². The number of alkyl halides is 3. The molecule has 4 nitrogen and oxygen atoms in total. The molecule has 0 bridgehead atoms. The van der Waals surface area contributed by atoms with Gasteiger partial charge in [-0.2, -0.15) is 13.2 Å². The lowest BCUT2D eigenvalue weighted by Crippen LogP contribution is -2.71. The van der Waals surface area contributed by atoms with E-state index in [1.807, 2.05) is 0 Å². The maximum atomic E-state index is 13.5. The third kappa shape index (κ3) is 2.84. The van der Waals surface area contributed by atoms with Crippen LogP contribution in [0.3, 0.4) is 0 Å². The van der Waals surface area contributed by atoms with Crippen LogP contribution in [-0.4, -0.2) is 28.7 Å². The molecular formula is C15H16F3NO3. The molecule has 0 radical (unpaired) electrons. The van der Waals surface area contributed by atoms with E-state index in [-0.39, 0.29) is 5.56 Å². The topological polar surface area (TPSA) is 66.4 Å². The van der Waals surface area contributed by atoms with E-state index in [2.05, 4.69) is 6.58 Å². The number of benzene rings is 1. The Morgan fingerprint density at radius 1 is 1.18 bits per heavy atom. The minimum Gasteiger partial charge on any atom is -0.479 e. The van der Waals surface area contributed by atoms with Crippen LogP contribution in [-0.2, 0) is 4.79 Å². The first-order valence-corrected chi connectivity index (χ1v) is 6.31. The number of carboxylic acid groups (broad SMARTS) is 1. The van der Waals surface area contributed by atoms with Crippen molar-refractivity contribution in [2.24, 2.45) is 5.41 Å². The van der Waals surface area contributed by atoms with E-state index >= 15 is 0 Å². The Morgan fingerprint density at radius 2 is 1.68 bits per heavy atom. The molecule has 22 heavy (non-hydrogen) atoms. The fourth-order valence-electron chi connectivity index (χ4n) is 2.03. The number of carbonyl (C=O) groups is 2. The molecule has 0 spiro atoms. The van der Waals surface area contributed by atoms with Crippen LogP contribution >= 0.6 is 0 Å². The zero-order valence-electron chi connectivity index (χ0n) is 12.1. The van der Waals surface area contributed by atoms with Gasteiger partial charge in [0.2, 0.25) is 5.54 Å². The zero-order chi connectivity index (χ0) is 17.2. The Labute approximate surface area is 125 Å². The Kier molecular flexibility index (Phi) is 4.70. The summed E-state index contributed by atoms with van der Waals surface area (Å²) in [5.74, 6) is -3.33. The van der Waals surface area contributed by atoms with Gasteiger partial charge in [-0.25, -0.2) is 4.79 Å². The van der Waals surface area contributed by atoms with Crippen molar-refractivity contribution in [3.05, 3.63) is 48.6 Å². The van der Waals surface area contributed by atoms with Gasteiger partial charge in [-0.15, -0.1) is 6.58 Å². The molecule has 120 valence electrons. The number of nitrogens with one attached hydrogen (secondary N) is 1. The van der Waals surface area contributed by atoms with Gasteiger partial charge in [0.15, 0.2) is 0 Å². The van der Waals surface area contributed by atoms with Crippen LogP contribution in [0.15, 0.2) is 43.0 Å². The van der Waals surface area contributed by atoms with Crippen molar-refractivity contribution in [1.82, 2.24) is 5.32 Å². The summed E-state index contributed by atoms with van der Waals surface area (Å²) >= 11 is 0. The summed E-state index contributed by atoms with van der Waals surface area (Å²) in [7, 11) is 0. The molecule has 1 aromatic carbocycles. The molecule has 0 heterocycles. The number of amides is 1. The predicted octanol–water partition coefficient (Wildman–Crippen LogP) is 3.01. The predicted molar refractivity (Wildman–Crippen MR) is 74.3 cm³/mol. The van der Waals surface area contributed by atoms with Crippen LogP contribution in [0.1, 0.15) is 24.2 Å². The summed E-state index contributed by atoms with van der Waals surface area (Å²) in [5, 5.41) is 10.9. The third-order valence-electron chi connectivity index (χ3n) is 3.56. The summed E-state index contributed by atoms with van der Waals surface area (Å²) in [6.45, 7) is 5.36. The van der Waals surface area contributed by atoms with Crippen molar-refractivity contribution in [3.8, 4) is 0 Å². The van der Waals surface area contributed by atoms with Crippen LogP contribution in [0.2, 0.25) is 0 Å². The molecular weight excluding hydrogens is 299 g/mol. The molecule has 1 unspecified atom stereocenters. The van der Waals surface area contributed by atoms with Crippen molar-refractivity contribution in [3.63, 3.8) is 0 Å². The van der Waals surface area contributed by atoms with E-state index in [1.165, 1.54) is 24.3 Å². The largest absolute Gasteiger partial charge is 0.479 e. The number of halogens is 3. The molecule has 0 fully saturated rings. The molecule has 0 aliphatic rings. The minimum atomic E-state index is -5.22. The van der Waals surface area contributed by atoms with Gasteiger partial charge in [-0.1, -0.05) is 38.1 Å².